The number of ether oxygens (including phenoxy) is 3. The Kier molecular flexibility index (Phi) is 10.5. The maximum atomic E-state index is 14.7. The van der Waals surface area contributed by atoms with Crippen molar-refractivity contribution in [2.75, 3.05) is 57.1 Å². The van der Waals surface area contributed by atoms with Crippen molar-refractivity contribution in [1.82, 2.24) is 9.88 Å². The number of anilines is 3. The molecule has 0 fully saturated rings. The van der Waals surface area contributed by atoms with Crippen LogP contribution in [0.2, 0.25) is 0 Å². The van der Waals surface area contributed by atoms with Gasteiger partial charge in [-0.1, -0.05) is 42.5 Å². The molecule has 0 unspecified atom stereocenters. The van der Waals surface area contributed by atoms with Crippen LogP contribution in [-0.2, 0) is 20.9 Å². The molecule has 4 aromatic carbocycles. The molecule has 6 rings (SSSR count). The van der Waals surface area contributed by atoms with Gasteiger partial charge in [-0.2, -0.15) is 0 Å². The molecule has 12 nitrogen and oxygen atoms in total. The first-order valence-electron chi connectivity index (χ1n) is 16.3. The van der Waals surface area contributed by atoms with Gasteiger partial charge in [0.15, 0.2) is 11.5 Å². The number of hydrogen-bond acceptors (Lipinski definition) is 10. The number of nitrogens with zero attached hydrogens (tertiary/aromatic N) is 4. The molecule has 52 heavy (non-hydrogen) atoms. The minimum absolute atomic E-state index is 0.109. The second-order valence-electron chi connectivity index (χ2n) is 12.0. The van der Waals surface area contributed by atoms with Crippen molar-refractivity contribution < 1.29 is 33.4 Å². The van der Waals surface area contributed by atoms with E-state index >= 15 is 0 Å². The van der Waals surface area contributed by atoms with Crippen LogP contribution in [0.15, 0.2) is 96.4 Å². The van der Waals surface area contributed by atoms with E-state index in [1.807, 2.05) is 66.8 Å². The Morgan fingerprint density at radius 1 is 0.865 bits per heavy atom. The monoisotopic (exact) mass is 719 g/mol. The van der Waals surface area contributed by atoms with Crippen molar-refractivity contribution in [2.24, 2.45) is 0 Å². The van der Waals surface area contributed by atoms with Crippen LogP contribution in [0.3, 0.4) is 0 Å². The number of fused-ring (bicyclic) bond motifs is 1. The summed E-state index contributed by atoms with van der Waals surface area (Å²) in [5.41, 5.74) is 3.89. The van der Waals surface area contributed by atoms with E-state index in [-0.39, 0.29) is 23.6 Å². The number of aromatic nitrogens is 1. The normalized spacial score (nSPS) is 12.6. The predicted molar refractivity (Wildman–Crippen MR) is 199 cm³/mol. The first-order valence-corrected chi connectivity index (χ1v) is 17.1. The molecular weight excluding hydrogens is 683 g/mol. The molecule has 266 valence electrons. The summed E-state index contributed by atoms with van der Waals surface area (Å²) >= 11 is 1.33. The van der Waals surface area contributed by atoms with Gasteiger partial charge in [0.1, 0.15) is 17.6 Å². The van der Waals surface area contributed by atoms with Crippen LogP contribution in [0.25, 0.3) is 11.3 Å². The number of carbonyl (C=O) groups excluding carboxylic acids is 4. The SMILES string of the molecule is COc1cc([C@@H](C(=O)Nc2ccc(N(C)C)cc2)N(Cc2nc(-c3ccccc3)cs2)C(=O)CN2C(=O)C(=O)c3ccccc32)cc(OC)c1OC. The lowest BCUT2D eigenvalue weighted by Crippen LogP contribution is -2.46. The van der Waals surface area contributed by atoms with Gasteiger partial charge in [-0.3, -0.25) is 24.1 Å². The molecule has 1 aliphatic rings. The lowest BCUT2D eigenvalue weighted by Gasteiger charge is -2.32. The number of methoxy groups -OCH3 is 3. The molecule has 0 aliphatic carbocycles. The Bertz CT molecular complexity index is 2090. The highest BCUT2D eigenvalue weighted by Gasteiger charge is 2.40. The summed E-state index contributed by atoms with van der Waals surface area (Å²) in [6.07, 6.45) is 0. The Balaban J connectivity index is 1.46. The average Bonchev–Trinajstić information content (AvgIpc) is 3.73. The standard InChI is InChI=1S/C39H37N5O7S/c1-42(2)27-17-15-26(16-18-27)40-38(47)35(25-19-31(49-3)37(51-5)32(20-25)50-4)44(21-33-41-29(23-52-33)24-11-7-6-8-12-24)34(45)22-43-30-14-10-9-13-28(30)36(46)39(43)48/h6-20,23,35H,21-22H2,1-5H3,(H,40,47)/t35-/m0/s1. The Labute approximate surface area is 305 Å². The maximum absolute atomic E-state index is 14.7. The topological polar surface area (TPSA) is 131 Å². The van der Waals surface area contributed by atoms with Gasteiger partial charge in [0, 0.05) is 36.4 Å². The van der Waals surface area contributed by atoms with Gasteiger partial charge >= 0.3 is 0 Å². The number of ketones is 1. The third kappa shape index (κ3) is 7.16. The third-order valence-corrected chi connectivity index (χ3v) is 9.47. The Morgan fingerprint density at radius 3 is 2.15 bits per heavy atom. The second kappa shape index (κ2) is 15.4. The molecular formula is C39H37N5O7S. The van der Waals surface area contributed by atoms with Crippen LogP contribution in [0.4, 0.5) is 17.1 Å². The molecule has 0 spiro atoms. The van der Waals surface area contributed by atoms with Crippen molar-refractivity contribution in [3.05, 3.63) is 113 Å². The zero-order valence-corrected chi connectivity index (χ0v) is 30.1. The molecule has 1 aliphatic heterocycles. The molecule has 5 aromatic rings. The number of benzene rings is 4. The van der Waals surface area contributed by atoms with Crippen molar-refractivity contribution in [2.45, 2.75) is 12.6 Å². The zero-order valence-electron chi connectivity index (χ0n) is 29.3. The Morgan fingerprint density at radius 2 is 1.52 bits per heavy atom. The van der Waals surface area contributed by atoms with Crippen LogP contribution in [0.1, 0.15) is 27.0 Å². The summed E-state index contributed by atoms with van der Waals surface area (Å²) in [6, 6.07) is 25.3. The van der Waals surface area contributed by atoms with Gasteiger partial charge in [0.25, 0.3) is 17.6 Å². The number of carbonyl (C=O) groups is 4. The van der Waals surface area contributed by atoms with Crippen LogP contribution in [-0.4, -0.2) is 75.4 Å². The summed E-state index contributed by atoms with van der Waals surface area (Å²) < 4.78 is 16.8. The van der Waals surface area contributed by atoms with Gasteiger partial charge < -0.3 is 29.3 Å². The van der Waals surface area contributed by atoms with Gasteiger partial charge in [-0.15, -0.1) is 11.3 Å². The van der Waals surface area contributed by atoms with E-state index in [2.05, 4.69) is 5.32 Å². The number of Topliss-reactive ketones (excluding diaryl/α,β-unsaturated/α-hetero) is 1. The molecule has 1 N–H and O–H groups in total. The quantitative estimate of drug-likeness (QED) is 0.149. The second-order valence-corrected chi connectivity index (χ2v) is 13.0. The molecule has 2 heterocycles. The van der Waals surface area contributed by atoms with E-state index in [9.17, 15) is 19.2 Å². The molecule has 0 bridgehead atoms. The highest BCUT2D eigenvalue weighted by Crippen LogP contribution is 2.42. The molecule has 0 saturated heterocycles. The van der Waals surface area contributed by atoms with Crippen LogP contribution in [0, 0.1) is 0 Å². The van der Waals surface area contributed by atoms with E-state index in [0.717, 1.165) is 16.2 Å². The summed E-state index contributed by atoms with van der Waals surface area (Å²) in [5.74, 6) is -1.85. The number of rotatable bonds is 13. The molecule has 3 amide bonds. The number of para-hydroxylation sites is 1. The fourth-order valence-electron chi connectivity index (χ4n) is 6.01. The molecule has 1 aromatic heterocycles. The maximum Gasteiger partial charge on any atom is 0.299 e. The van der Waals surface area contributed by atoms with E-state index < -0.39 is 36.1 Å². The van der Waals surface area contributed by atoms with E-state index in [4.69, 9.17) is 19.2 Å². The average molecular weight is 720 g/mol. The fraction of sp³-hybridized carbons (Fsp3) is 0.205. The van der Waals surface area contributed by atoms with Crippen LogP contribution >= 0.6 is 11.3 Å². The molecule has 0 saturated carbocycles. The van der Waals surface area contributed by atoms with Gasteiger partial charge in [0.05, 0.1) is 44.8 Å². The minimum atomic E-state index is -1.30. The first kappa shape index (κ1) is 35.6. The number of hydrogen-bond donors (Lipinski definition) is 1. The third-order valence-electron chi connectivity index (χ3n) is 8.63. The summed E-state index contributed by atoms with van der Waals surface area (Å²) in [6.45, 7) is -0.619. The van der Waals surface area contributed by atoms with Gasteiger partial charge in [-0.25, -0.2) is 4.98 Å². The lowest BCUT2D eigenvalue weighted by molar-refractivity contribution is -0.139. The largest absolute Gasteiger partial charge is 0.493 e. The van der Waals surface area contributed by atoms with Gasteiger partial charge in [-0.05, 0) is 54.1 Å². The minimum Gasteiger partial charge on any atom is -0.493 e. The number of amides is 3. The van der Waals surface area contributed by atoms with Crippen molar-refractivity contribution in [3.63, 3.8) is 0 Å². The summed E-state index contributed by atoms with van der Waals surface area (Å²) in [7, 11) is 8.21. The lowest BCUT2D eigenvalue weighted by atomic mass is 10.0. The predicted octanol–water partition coefficient (Wildman–Crippen LogP) is 5.84. The van der Waals surface area contributed by atoms with Crippen molar-refractivity contribution >= 4 is 51.9 Å². The van der Waals surface area contributed by atoms with Crippen LogP contribution < -0.4 is 29.3 Å². The first-order chi connectivity index (χ1) is 25.1. The molecule has 0 radical (unpaired) electrons. The number of thiazole rings is 1. The molecule has 13 heteroatoms. The fourth-order valence-corrected chi connectivity index (χ4v) is 6.81. The summed E-state index contributed by atoms with van der Waals surface area (Å²) in [5, 5.41) is 5.39. The Hall–Kier alpha value is -6.21. The summed E-state index contributed by atoms with van der Waals surface area (Å²) in [4.78, 5) is 64.7. The van der Waals surface area contributed by atoms with E-state index in [1.165, 1.54) is 37.6 Å². The van der Waals surface area contributed by atoms with E-state index in [1.54, 1.807) is 48.5 Å². The van der Waals surface area contributed by atoms with Gasteiger partial charge in [0.2, 0.25) is 11.7 Å². The highest BCUT2D eigenvalue weighted by atomic mass is 32.1. The van der Waals surface area contributed by atoms with E-state index in [0.29, 0.717) is 33.4 Å². The van der Waals surface area contributed by atoms with Crippen molar-refractivity contribution in [1.29, 1.82) is 0 Å². The highest BCUT2D eigenvalue weighted by molar-refractivity contribution is 7.09. The zero-order chi connectivity index (χ0) is 36.9. The van der Waals surface area contributed by atoms with Crippen LogP contribution in [0.5, 0.6) is 17.2 Å². The number of nitrogens with one attached hydrogen (secondary N) is 1. The molecule has 1 atom stereocenters. The smallest absolute Gasteiger partial charge is 0.299 e. The van der Waals surface area contributed by atoms with Crippen molar-refractivity contribution in [3.8, 4) is 28.5 Å².